The van der Waals surface area contributed by atoms with Gasteiger partial charge in [-0.15, -0.1) is 11.3 Å². The third kappa shape index (κ3) is 2.82. The number of aliphatic hydroxyl groups excluding tert-OH is 1. The molecule has 0 saturated carbocycles. The number of hydrogen-bond acceptors (Lipinski definition) is 4. The highest BCUT2D eigenvalue weighted by molar-refractivity contribution is 7.11. The van der Waals surface area contributed by atoms with Crippen molar-refractivity contribution in [2.75, 3.05) is 0 Å². The molecule has 0 bridgehead atoms. The van der Waals surface area contributed by atoms with Gasteiger partial charge in [0.2, 0.25) is 5.88 Å². The number of nitrogens with zero attached hydrogens (tertiary/aromatic N) is 3. The lowest BCUT2D eigenvalue weighted by atomic mass is 10.1. The summed E-state index contributed by atoms with van der Waals surface area (Å²) in [4.78, 5) is 4.26. The van der Waals surface area contributed by atoms with E-state index in [2.05, 4.69) is 10.1 Å². The molecule has 0 spiro atoms. The number of halogens is 2. The van der Waals surface area contributed by atoms with Crippen molar-refractivity contribution in [2.45, 2.75) is 20.8 Å². The normalized spacial score (nSPS) is 12.4. The van der Waals surface area contributed by atoms with Crippen molar-refractivity contribution in [3.8, 4) is 11.3 Å². The lowest BCUT2D eigenvalue weighted by Crippen LogP contribution is -2.03. The van der Waals surface area contributed by atoms with Gasteiger partial charge in [-0.1, -0.05) is 6.07 Å². The molecule has 2 heterocycles. The third-order valence-electron chi connectivity index (χ3n) is 3.59. The van der Waals surface area contributed by atoms with Crippen LogP contribution in [0.25, 0.3) is 22.7 Å². The Kier molecular flexibility index (Phi) is 4.19. The average molecular weight is 347 g/mol. The van der Waals surface area contributed by atoms with Crippen molar-refractivity contribution in [1.29, 1.82) is 0 Å². The largest absolute Gasteiger partial charge is 0.493 e. The molecule has 1 N–H and O–H groups in total. The van der Waals surface area contributed by atoms with Gasteiger partial charge >= 0.3 is 0 Å². The van der Waals surface area contributed by atoms with Crippen LogP contribution in [0, 0.1) is 25.5 Å². The second-order valence-corrected chi connectivity index (χ2v) is 6.28. The second kappa shape index (κ2) is 6.16. The van der Waals surface area contributed by atoms with Crippen LogP contribution < -0.4 is 0 Å². The zero-order valence-electron chi connectivity index (χ0n) is 13.3. The minimum Gasteiger partial charge on any atom is -0.493 e. The van der Waals surface area contributed by atoms with Gasteiger partial charge in [0, 0.05) is 16.6 Å². The Bertz CT molecular complexity index is 923. The molecule has 0 aliphatic heterocycles. The fourth-order valence-electron chi connectivity index (χ4n) is 2.40. The number of hydrogen-bond donors (Lipinski definition) is 1. The monoisotopic (exact) mass is 347 g/mol. The maximum atomic E-state index is 13.9. The Morgan fingerprint density at radius 3 is 2.46 bits per heavy atom. The predicted octanol–water partition coefficient (Wildman–Crippen LogP) is 4.81. The van der Waals surface area contributed by atoms with Gasteiger partial charge in [0.25, 0.3) is 0 Å². The SMILES string of the molecule is CC(=C(O)n1nc(C)cc1C)c1nc(-c2c(F)cccc2F)cs1. The van der Waals surface area contributed by atoms with Gasteiger partial charge in [0.05, 0.1) is 17.0 Å². The van der Waals surface area contributed by atoms with Crippen molar-refractivity contribution >= 4 is 22.8 Å². The molecule has 3 rings (SSSR count). The van der Waals surface area contributed by atoms with Crippen molar-refractivity contribution in [3.63, 3.8) is 0 Å². The first-order chi connectivity index (χ1) is 11.4. The Morgan fingerprint density at radius 1 is 1.21 bits per heavy atom. The van der Waals surface area contributed by atoms with E-state index in [1.807, 2.05) is 19.9 Å². The fourth-order valence-corrected chi connectivity index (χ4v) is 3.21. The fraction of sp³-hybridized carbons (Fsp3) is 0.176. The molecule has 124 valence electrons. The highest BCUT2D eigenvalue weighted by Gasteiger charge is 2.17. The summed E-state index contributed by atoms with van der Waals surface area (Å²) in [5.41, 5.74) is 2.07. The van der Waals surface area contributed by atoms with E-state index < -0.39 is 11.6 Å². The number of thiazole rings is 1. The minimum absolute atomic E-state index is 0.0597. The molecule has 0 atom stereocenters. The second-order valence-electron chi connectivity index (χ2n) is 5.42. The molecular formula is C17H15F2N3OS. The average Bonchev–Trinajstić information content (AvgIpc) is 3.12. The van der Waals surface area contributed by atoms with E-state index in [-0.39, 0.29) is 17.1 Å². The molecule has 0 aliphatic carbocycles. The van der Waals surface area contributed by atoms with Crippen LogP contribution in [0.15, 0.2) is 29.6 Å². The lowest BCUT2D eigenvalue weighted by Gasteiger charge is -2.06. The summed E-state index contributed by atoms with van der Waals surface area (Å²) < 4.78 is 29.2. The summed E-state index contributed by atoms with van der Waals surface area (Å²) in [5.74, 6) is -1.40. The molecule has 0 saturated heterocycles. The molecule has 0 radical (unpaired) electrons. The summed E-state index contributed by atoms with van der Waals surface area (Å²) in [6.07, 6.45) is 0. The van der Waals surface area contributed by atoms with E-state index >= 15 is 0 Å². The highest BCUT2D eigenvalue weighted by atomic mass is 32.1. The number of allylic oxidation sites excluding steroid dienone is 1. The number of benzene rings is 1. The molecule has 0 unspecified atom stereocenters. The van der Waals surface area contributed by atoms with Gasteiger partial charge in [-0.3, -0.25) is 0 Å². The molecular weight excluding hydrogens is 332 g/mol. The Morgan fingerprint density at radius 2 is 1.88 bits per heavy atom. The maximum absolute atomic E-state index is 13.9. The van der Waals surface area contributed by atoms with Gasteiger partial charge in [-0.05, 0) is 39.0 Å². The third-order valence-corrected chi connectivity index (χ3v) is 4.55. The van der Waals surface area contributed by atoms with Gasteiger partial charge < -0.3 is 5.11 Å². The van der Waals surface area contributed by atoms with E-state index in [9.17, 15) is 13.9 Å². The molecule has 0 aliphatic rings. The molecule has 4 nitrogen and oxygen atoms in total. The minimum atomic E-state index is -0.670. The Labute approximate surface area is 141 Å². The van der Waals surface area contributed by atoms with E-state index in [0.29, 0.717) is 10.6 Å². The number of aromatic nitrogens is 3. The van der Waals surface area contributed by atoms with Gasteiger partial charge in [-0.2, -0.15) is 5.10 Å². The maximum Gasteiger partial charge on any atom is 0.218 e. The van der Waals surface area contributed by atoms with Crippen LogP contribution >= 0.6 is 11.3 Å². The number of rotatable bonds is 3. The smallest absolute Gasteiger partial charge is 0.218 e. The molecule has 0 amide bonds. The lowest BCUT2D eigenvalue weighted by molar-refractivity contribution is 0.456. The van der Waals surface area contributed by atoms with E-state index in [4.69, 9.17) is 0 Å². The van der Waals surface area contributed by atoms with Crippen LogP contribution in [0.1, 0.15) is 23.3 Å². The molecule has 1 aromatic carbocycles. The zero-order chi connectivity index (χ0) is 17.4. The van der Waals surface area contributed by atoms with Crippen LogP contribution in [0.4, 0.5) is 8.78 Å². The van der Waals surface area contributed by atoms with E-state index in [0.717, 1.165) is 11.4 Å². The van der Waals surface area contributed by atoms with Gasteiger partial charge in [0.1, 0.15) is 16.6 Å². The molecule has 2 aromatic heterocycles. The van der Waals surface area contributed by atoms with E-state index in [1.54, 1.807) is 12.3 Å². The molecule has 24 heavy (non-hydrogen) atoms. The molecule has 7 heteroatoms. The first-order valence-electron chi connectivity index (χ1n) is 7.22. The predicted molar refractivity (Wildman–Crippen MR) is 90.6 cm³/mol. The quantitative estimate of drug-likeness (QED) is 0.692. The standard InChI is InChI=1S/C17H15F2N3OS/c1-9-7-10(2)22(21-9)17(23)11(3)16-20-14(8-24-16)15-12(18)5-4-6-13(15)19/h4-8,23H,1-3H3. The summed E-state index contributed by atoms with van der Waals surface area (Å²) >= 11 is 1.20. The molecule has 0 fully saturated rings. The number of aliphatic hydroxyl groups is 1. The van der Waals surface area contributed by atoms with Crippen LogP contribution in [0.3, 0.4) is 0 Å². The highest BCUT2D eigenvalue weighted by Crippen LogP contribution is 2.31. The molecule has 3 aromatic rings. The van der Waals surface area contributed by atoms with Crippen LogP contribution in [0.5, 0.6) is 0 Å². The van der Waals surface area contributed by atoms with E-state index in [1.165, 1.54) is 34.2 Å². The Hall–Kier alpha value is -2.54. The van der Waals surface area contributed by atoms with Crippen molar-refractivity contribution in [1.82, 2.24) is 14.8 Å². The van der Waals surface area contributed by atoms with Crippen molar-refractivity contribution < 1.29 is 13.9 Å². The summed E-state index contributed by atoms with van der Waals surface area (Å²) in [6, 6.07) is 5.52. The van der Waals surface area contributed by atoms with Crippen molar-refractivity contribution in [3.05, 3.63) is 57.7 Å². The number of aryl methyl sites for hydroxylation is 2. The Balaban J connectivity index is 2.04. The van der Waals surface area contributed by atoms with Crippen molar-refractivity contribution in [2.24, 2.45) is 0 Å². The summed E-state index contributed by atoms with van der Waals surface area (Å²) in [6.45, 7) is 5.34. The topological polar surface area (TPSA) is 50.9 Å². The first kappa shape index (κ1) is 16.3. The summed E-state index contributed by atoms with van der Waals surface area (Å²) in [7, 11) is 0. The van der Waals surface area contributed by atoms with Crippen LogP contribution in [-0.4, -0.2) is 19.9 Å². The summed E-state index contributed by atoms with van der Waals surface area (Å²) in [5, 5.41) is 16.7. The van der Waals surface area contributed by atoms with Gasteiger partial charge in [-0.25, -0.2) is 18.4 Å². The van der Waals surface area contributed by atoms with Gasteiger partial charge in [0.15, 0.2) is 0 Å². The first-order valence-corrected chi connectivity index (χ1v) is 8.10. The van der Waals surface area contributed by atoms with Crippen LogP contribution in [0.2, 0.25) is 0 Å². The van der Waals surface area contributed by atoms with Crippen LogP contribution in [-0.2, 0) is 0 Å². The zero-order valence-corrected chi connectivity index (χ0v) is 14.2.